The molecule has 1 amide bonds. The average molecular weight is 270 g/mol. The first kappa shape index (κ1) is 13.0. The highest BCUT2D eigenvalue weighted by atomic mass is 16.6. The van der Waals surface area contributed by atoms with Crippen molar-refractivity contribution >= 4 is 17.8 Å². The van der Waals surface area contributed by atoms with Crippen molar-refractivity contribution < 1.29 is 28.8 Å². The van der Waals surface area contributed by atoms with E-state index in [4.69, 9.17) is 14.3 Å². The van der Waals surface area contributed by atoms with E-state index in [0.717, 1.165) is 17.2 Å². The fourth-order valence-electron chi connectivity index (χ4n) is 1.81. The van der Waals surface area contributed by atoms with Crippen LogP contribution in [0, 0.1) is 10.1 Å². The lowest BCUT2D eigenvalue weighted by atomic mass is 10.2. The molecule has 0 aliphatic carbocycles. The third-order valence-electron chi connectivity index (χ3n) is 2.62. The molecule has 1 aromatic rings. The molecular weight excluding hydrogens is 260 g/mol. The molecule has 0 saturated carbocycles. The second-order valence-electron chi connectivity index (χ2n) is 3.86. The summed E-state index contributed by atoms with van der Waals surface area (Å²) in [4.78, 5) is 33.0. The van der Waals surface area contributed by atoms with E-state index < -0.39 is 28.9 Å². The van der Waals surface area contributed by atoms with E-state index in [1.165, 1.54) is 0 Å². The highest BCUT2D eigenvalue weighted by Gasteiger charge is 2.34. The Morgan fingerprint density at radius 1 is 1.53 bits per heavy atom. The van der Waals surface area contributed by atoms with Crippen LogP contribution in [0.15, 0.2) is 16.7 Å². The Bertz CT molecular complexity index is 524. The van der Waals surface area contributed by atoms with E-state index in [1.54, 1.807) is 0 Å². The van der Waals surface area contributed by atoms with E-state index in [-0.39, 0.29) is 12.1 Å². The van der Waals surface area contributed by atoms with Crippen LogP contribution in [0.4, 0.5) is 5.88 Å². The summed E-state index contributed by atoms with van der Waals surface area (Å²) >= 11 is 0. The molecule has 1 aromatic heterocycles. The number of rotatable bonds is 2. The zero-order valence-corrected chi connectivity index (χ0v) is 9.64. The van der Waals surface area contributed by atoms with Crippen LogP contribution < -0.4 is 0 Å². The molecule has 19 heavy (non-hydrogen) atoms. The smallest absolute Gasteiger partial charge is 0.433 e. The molecule has 0 radical (unpaired) electrons. The standard InChI is InChI=1S/C10H10N2O7/c13-8(10(14)15)11-2-1-3-18-9(11)6-4-7(12(16)17)19-5-6/h4-5,9H,1-3H2,(H,14,15). The number of aliphatic carboxylic acids is 1. The van der Waals surface area contributed by atoms with E-state index in [2.05, 4.69) is 0 Å². The predicted molar refractivity (Wildman–Crippen MR) is 58.0 cm³/mol. The van der Waals surface area contributed by atoms with Crippen LogP contribution in [0.25, 0.3) is 0 Å². The Balaban J connectivity index is 2.25. The second kappa shape index (κ2) is 5.06. The van der Waals surface area contributed by atoms with Crippen molar-refractivity contribution in [2.75, 3.05) is 13.2 Å². The third-order valence-corrected chi connectivity index (χ3v) is 2.62. The summed E-state index contributed by atoms with van der Waals surface area (Å²) in [5, 5.41) is 19.2. The molecule has 9 heteroatoms. The van der Waals surface area contributed by atoms with Gasteiger partial charge in [0.25, 0.3) is 0 Å². The fraction of sp³-hybridized carbons (Fsp3) is 0.400. The van der Waals surface area contributed by atoms with Gasteiger partial charge < -0.3 is 19.2 Å². The Morgan fingerprint density at radius 2 is 2.26 bits per heavy atom. The molecule has 1 atom stereocenters. The number of hydrogen-bond donors (Lipinski definition) is 1. The zero-order chi connectivity index (χ0) is 14.0. The van der Waals surface area contributed by atoms with Crippen LogP contribution in [0.2, 0.25) is 0 Å². The van der Waals surface area contributed by atoms with Gasteiger partial charge >= 0.3 is 17.8 Å². The predicted octanol–water partition coefficient (Wildman–Crippen LogP) is 0.520. The van der Waals surface area contributed by atoms with Crippen LogP contribution in [0.3, 0.4) is 0 Å². The summed E-state index contributed by atoms with van der Waals surface area (Å²) in [6, 6.07) is 1.11. The maximum Gasteiger partial charge on any atom is 0.433 e. The molecule has 2 heterocycles. The lowest BCUT2D eigenvalue weighted by Gasteiger charge is -2.33. The van der Waals surface area contributed by atoms with Crippen LogP contribution >= 0.6 is 0 Å². The number of ether oxygens (including phenoxy) is 1. The second-order valence-corrected chi connectivity index (χ2v) is 3.86. The van der Waals surface area contributed by atoms with Crippen LogP contribution in [0.1, 0.15) is 18.2 Å². The van der Waals surface area contributed by atoms with E-state index >= 15 is 0 Å². The highest BCUT2D eigenvalue weighted by molar-refractivity contribution is 6.31. The van der Waals surface area contributed by atoms with Crippen molar-refractivity contribution in [2.24, 2.45) is 0 Å². The summed E-state index contributed by atoms with van der Waals surface area (Å²) in [6.45, 7) is 0.530. The fourth-order valence-corrected chi connectivity index (χ4v) is 1.81. The van der Waals surface area contributed by atoms with Crippen LogP contribution in [-0.2, 0) is 14.3 Å². The monoisotopic (exact) mass is 270 g/mol. The molecule has 1 fully saturated rings. The molecule has 1 saturated heterocycles. The van der Waals surface area contributed by atoms with Crippen LogP contribution in [-0.4, -0.2) is 40.0 Å². The van der Waals surface area contributed by atoms with Gasteiger partial charge in [-0.1, -0.05) is 0 Å². The number of furan rings is 1. The van der Waals surface area contributed by atoms with Crippen molar-refractivity contribution in [1.82, 2.24) is 4.90 Å². The summed E-state index contributed by atoms with van der Waals surface area (Å²) in [5.41, 5.74) is 0.237. The number of carbonyl (C=O) groups excluding carboxylic acids is 1. The van der Waals surface area contributed by atoms with E-state index in [0.29, 0.717) is 13.0 Å². The van der Waals surface area contributed by atoms with Gasteiger partial charge in [-0.3, -0.25) is 14.9 Å². The number of hydrogen-bond acceptors (Lipinski definition) is 6. The molecule has 9 nitrogen and oxygen atoms in total. The first-order chi connectivity index (χ1) is 9.00. The molecule has 0 spiro atoms. The quantitative estimate of drug-likeness (QED) is 0.472. The molecule has 1 aliphatic rings. The van der Waals surface area contributed by atoms with E-state index in [9.17, 15) is 19.7 Å². The van der Waals surface area contributed by atoms with Gasteiger partial charge in [-0.05, 0) is 6.42 Å². The van der Waals surface area contributed by atoms with Crippen molar-refractivity contribution in [3.63, 3.8) is 0 Å². The maximum atomic E-state index is 11.5. The Labute approximate surface area is 106 Å². The summed E-state index contributed by atoms with van der Waals surface area (Å²) in [5.74, 6) is -3.21. The van der Waals surface area contributed by atoms with Crippen molar-refractivity contribution in [1.29, 1.82) is 0 Å². The number of nitrogens with zero attached hydrogens (tertiary/aromatic N) is 2. The molecule has 1 N–H and O–H groups in total. The molecule has 102 valence electrons. The van der Waals surface area contributed by atoms with Gasteiger partial charge in [-0.25, -0.2) is 4.79 Å². The summed E-state index contributed by atoms with van der Waals surface area (Å²) in [7, 11) is 0. The van der Waals surface area contributed by atoms with Gasteiger partial charge in [0, 0.05) is 12.1 Å². The average Bonchev–Trinajstić information content (AvgIpc) is 2.87. The molecule has 0 aromatic carbocycles. The van der Waals surface area contributed by atoms with Crippen molar-refractivity contribution in [2.45, 2.75) is 12.6 Å². The Kier molecular flexibility index (Phi) is 3.47. The number of carboxylic acids is 1. The van der Waals surface area contributed by atoms with Gasteiger partial charge in [0.05, 0.1) is 12.7 Å². The molecule has 2 rings (SSSR count). The molecular formula is C10H10N2O7. The minimum Gasteiger partial charge on any atom is -0.474 e. The minimum atomic E-state index is -1.60. The number of carbonyl (C=O) groups is 2. The first-order valence-corrected chi connectivity index (χ1v) is 5.39. The Morgan fingerprint density at radius 3 is 2.84 bits per heavy atom. The minimum absolute atomic E-state index is 0.203. The molecule has 1 aliphatic heterocycles. The Hall–Kier alpha value is -2.42. The van der Waals surface area contributed by atoms with Gasteiger partial charge in [0.1, 0.15) is 11.2 Å². The topological polar surface area (TPSA) is 123 Å². The van der Waals surface area contributed by atoms with Gasteiger partial charge in [-0.15, -0.1) is 0 Å². The maximum absolute atomic E-state index is 11.5. The zero-order valence-electron chi connectivity index (χ0n) is 9.64. The largest absolute Gasteiger partial charge is 0.474 e. The van der Waals surface area contributed by atoms with Crippen LogP contribution in [0.5, 0.6) is 0 Å². The van der Waals surface area contributed by atoms with E-state index in [1.807, 2.05) is 0 Å². The number of carboxylic acid groups (broad SMARTS) is 1. The van der Waals surface area contributed by atoms with Gasteiger partial charge in [-0.2, -0.15) is 0 Å². The number of amides is 1. The lowest BCUT2D eigenvalue weighted by Crippen LogP contribution is -2.44. The van der Waals surface area contributed by atoms with Crippen molar-refractivity contribution in [3.8, 4) is 0 Å². The van der Waals surface area contributed by atoms with Gasteiger partial charge in [0.15, 0.2) is 6.23 Å². The lowest BCUT2D eigenvalue weighted by molar-refractivity contribution is -0.402. The summed E-state index contributed by atoms with van der Waals surface area (Å²) < 4.78 is 10.0. The number of nitro groups is 1. The normalized spacial score (nSPS) is 19.2. The SMILES string of the molecule is O=C(O)C(=O)N1CCCOC1c1coc([N+](=O)[O-])c1. The van der Waals surface area contributed by atoms with Crippen molar-refractivity contribution in [3.05, 3.63) is 28.0 Å². The van der Waals surface area contributed by atoms with Gasteiger partial charge in [0.2, 0.25) is 0 Å². The molecule has 1 unspecified atom stereocenters. The summed E-state index contributed by atoms with van der Waals surface area (Å²) in [6.07, 6.45) is 0.598. The first-order valence-electron chi connectivity index (χ1n) is 5.39. The molecule has 0 bridgehead atoms. The third kappa shape index (κ3) is 2.55. The highest BCUT2D eigenvalue weighted by Crippen LogP contribution is 2.29.